The summed E-state index contributed by atoms with van der Waals surface area (Å²) in [6.07, 6.45) is 2.01. The molecule has 80 valence electrons. The van der Waals surface area contributed by atoms with Crippen LogP contribution >= 0.6 is 23.1 Å². The largest absolute Gasteiger partial charge is 0.388 e. The molecule has 0 aromatic carbocycles. The Morgan fingerprint density at radius 3 is 3.00 bits per heavy atom. The number of hydrogen-bond donors (Lipinski definition) is 2. The summed E-state index contributed by atoms with van der Waals surface area (Å²) >= 11 is 3.41. The zero-order valence-corrected chi connectivity index (χ0v) is 10.3. The predicted octanol–water partition coefficient (Wildman–Crippen LogP) is 1.95. The summed E-state index contributed by atoms with van der Waals surface area (Å²) in [5, 5.41) is 15.2. The normalized spacial score (nSPS) is 15.4. The van der Waals surface area contributed by atoms with E-state index in [1.165, 1.54) is 4.88 Å². The lowest BCUT2D eigenvalue weighted by molar-refractivity contribution is 0.0846. The van der Waals surface area contributed by atoms with Crippen LogP contribution in [0, 0.1) is 0 Å². The molecule has 2 nitrogen and oxygen atoms in total. The molecule has 0 amide bonds. The third-order valence-electron chi connectivity index (χ3n) is 1.84. The van der Waals surface area contributed by atoms with Crippen molar-refractivity contribution in [1.82, 2.24) is 5.32 Å². The SMILES string of the molecule is CSCC(C)(O)CNCc1cccs1. The summed E-state index contributed by atoms with van der Waals surface area (Å²) in [5.41, 5.74) is -0.601. The first kappa shape index (κ1) is 12.0. The summed E-state index contributed by atoms with van der Waals surface area (Å²) in [7, 11) is 0. The van der Waals surface area contributed by atoms with E-state index in [1.807, 2.05) is 19.2 Å². The summed E-state index contributed by atoms with van der Waals surface area (Å²) in [4.78, 5) is 1.31. The minimum atomic E-state index is -0.601. The lowest BCUT2D eigenvalue weighted by atomic mass is 10.1. The van der Waals surface area contributed by atoms with E-state index in [2.05, 4.69) is 16.8 Å². The molecule has 0 spiro atoms. The van der Waals surface area contributed by atoms with Gasteiger partial charge in [-0.1, -0.05) is 6.07 Å². The molecule has 0 aliphatic carbocycles. The Hall–Kier alpha value is -0.0300. The summed E-state index contributed by atoms with van der Waals surface area (Å²) in [6.45, 7) is 3.36. The van der Waals surface area contributed by atoms with Crippen molar-refractivity contribution in [3.05, 3.63) is 22.4 Å². The van der Waals surface area contributed by atoms with Crippen molar-refractivity contribution >= 4 is 23.1 Å². The maximum atomic E-state index is 9.86. The van der Waals surface area contributed by atoms with Crippen molar-refractivity contribution in [3.8, 4) is 0 Å². The van der Waals surface area contributed by atoms with Crippen LogP contribution in [-0.2, 0) is 6.54 Å². The third-order valence-corrected chi connectivity index (χ3v) is 3.63. The Morgan fingerprint density at radius 1 is 1.64 bits per heavy atom. The van der Waals surface area contributed by atoms with Crippen LogP contribution in [0.4, 0.5) is 0 Å². The highest BCUT2D eigenvalue weighted by atomic mass is 32.2. The second-order valence-electron chi connectivity index (χ2n) is 3.61. The Bertz CT molecular complexity index is 247. The molecule has 1 rings (SSSR count). The third kappa shape index (κ3) is 4.46. The van der Waals surface area contributed by atoms with E-state index in [0.29, 0.717) is 6.54 Å². The topological polar surface area (TPSA) is 32.3 Å². The Kier molecular flexibility index (Phi) is 4.95. The van der Waals surface area contributed by atoms with Gasteiger partial charge in [-0.25, -0.2) is 0 Å². The molecule has 14 heavy (non-hydrogen) atoms. The molecule has 1 unspecified atom stereocenters. The molecule has 1 atom stereocenters. The molecule has 0 aliphatic heterocycles. The van der Waals surface area contributed by atoms with E-state index >= 15 is 0 Å². The second kappa shape index (κ2) is 5.75. The highest BCUT2D eigenvalue weighted by molar-refractivity contribution is 7.98. The first-order valence-corrected chi connectivity index (χ1v) is 6.86. The van der Waals surface area contributed by atoms with Gasteiger partial charge in [-0.3, -0.25) is 0 Å². The molecule has 2 N–H and O–H groups in total. The van der Waals surface area contributed by atoms with E-state index in [9.17, 15) is 5.11 Å². The molecular formula is C10H17NOS2. The van der Waals surface area contributed by atoms with Gasteiger partial charge in [0.2, 0.25) is 0 Å². The lowest BCUT2D eigenvalue weighted by Crippen LogP contribution is -2.39. The number of hydrogen-bond acceptors (Lipinski definition) is 4. The average Bonchev–Trinajstić information content (AvgIpc) is 2.56. The lowest BCUT2D eigenvalue weighted by Gasteiger charge is -2.22. The van der Waals surface area contributed by atoms with Crippen molar-refractivity contribution in [3.63, 3.8) is 0 Å². The minimum absolute atomic E-state index is 0.601. The van der Waals surface area contributed by atoms with Crippen molar-refractivity contribution in [2.24, 2.45) is 0 Å². The van der Waals surface area contributed by atoms with Crippen LogP contribution in [0.1, 0.15) is 11.8 Å². The summed E-state index contributed by atoms with van der Waals surface area (Å²) < 4.78 is 0. The zero-order chi connectivity index (χ0) is 10.4. The van der Waals surface area contributed by atoms with Gasteiger partial charge in [-0.2, -0.15) is 11.8 Å². The molecule has 0 saturated heterocycles. The smallest absolute Gasteiger partial charge is 0.0833 e. The first-order chi connectivity index (χ1) is 6.64. The van der Waals surface area contributed by atoms with Gasteiger partial charge in [0.15, 0.2) is 0 Å². The van der Waals surface area contributed by atoms with Crippen LogP contribution in [0.15, 0.2) is 17.5 Å². The highest BCUT2D eigenvalue weighted by Crippen LogP contribution is 2.11. The van der Waals surface area contributed by atoms with Crippen molar-refractivity contribution in [2.75, 3.05) is 18.6 Å². The fourth-order valence-electron chi connectivity index (χ4n) is 1.23. The van der Waals surface area contributed by atoms with Crippen molar-refractivity contribution in [1.29, 1.82) is 0 Å². The van der Waals surface area contributed by atoms with E-state index in [0.717, 1.165) is 12.3 Å². The van der Waals surface area contributed by atoms with Gasteiger partial charge in [0.1, 0.15) is 0 Å². The van der Waals surface area contributed by atoms with Crippen LogP contribution in [0.3, 0.4) is 0 Å². The van der Waals surface area contributed by atoms with E-state index in [-0.39, 0.29) is 0 Å². The molecule has 0 radical (unpaired) electrons. The van der Waals surface area contributed by atoms with E-state index in [1.54, 1.807) is 23.1 Å². The maximum Gasteiger partial charge on any atom is 0.0833 e. The standard InChI is InChI=1S/C10H17NOS2/c1-10(12,8-13-2)7-11-6-9-4-3-5-14-9/h3-5,11-12H,6-8H2,1-2H3. The van der Waals surface area contributed by atoms with Crippen LogP contribution in [0.25, 0.3) is 0 Å². The number of aliphatic hydroxyl groups is 1. The number of nitrogens with one attached hydrogen (secondary N) is 1. The van der Waals surface area contributed by atoms with Gasteiger partial charge in [0.25, 0.3) is 0 Å². The molecule has 1 aromatic rings. The number of thiophene rings is 1. The van der Waals surface area contributed by atoms with Gasteiger partial charge in [-0.05, 0) is 24.6 Å². The van der Waals surface area contributed by atoms with Gasteiger partial charge < -0.3 is 10.4 Å². The molecule has 1 heterocycles. The number of rotatable bonds is 6. The molecule has 0 bridgehead atoms. The fourth-order valence-corrected chi connectivity index (χ4v) is 2.63. The monoisotopic (exact) mass is 231 g/mol. The Morgan fingerprint density at radius 2 is 2.43 bits per heavy atom. The second-order valence-corrected chi connectivity index (χ2v) is 5.51. The molecule has 0 fully saturated rings. The summed E-state index contributed by atoms with van der Waals surface area (Å²) in [6, 6.07) is 4.14. The molecule has 0 saturated carbocycles. The molecule has 1 aromatic heterocycles. The van der Waals surface area contributed by atoms with Gasteiger partial charge in [-0.15, -0.1) is 11.3 Å². The zero-order valence-electron chi connectivity index (χ0n) is 8.62. The maximum absolute atomic E-state index is 9.86. The highest BCUT2D eigenvalue weighted by Gasteiger charge is 2.18. The minimum Gasteiger partial charge on any atom is -0.388 e. The Labute approximate surface area is 93.7 Å². The van der Waals surface area contributed by atoms with Crippen LogP contribution < -0.4 is 5.32 Å². The summed E-state index contributed by atoms with van der Waals surface area (Å²) in [5.74, 6) is 0.768. The first-order valence-electron chi connectivity index (χ1n) is 4.58. The van der Waals surface area contributed by atoms with Gasteiger partial charge >= 0.3 is 0 Å². The average molecular weight is 231 g/mol. The van der Waals surface area contributed by atoms with E-state index in [4.69, 9.17) is 0 Å². The molecular weight excluding hydrogens is 214 g/mol. The fraction of sp³-hybridized carbons (Fsp3) is 0.600. The Balaban J connectivity index is 2.20. The van der Waals surface area contributed by atoms with Gasteiger partial charge in [0.05, 0.1) is 5.60 Å². The van der Waals surface area contributed by atoms with Crippen molar-refractivity contribution in [2.45, 2.75) is 19.1 Å². The van der Waals surface area contributed by atoms with Crippen LogP contribution in [0.5, 0.6) is 0 Å². The number of thioether (sulfide) groups is 1. The quantitative estimate of drug-likeness (QED) is 0.785. The molecule has 0 aliphatic rings. The van der Waals surface area contributed by atoms with Crippen LogP contribution in [0.2, 0.25) is 0 Å². The predicted molar refractivity (Wildman–Crippen MR) is 65.0 cm³/mol. The van der Waals surface area contributed by atoms with Crippen molar-refractivity contribution < 1.29 is 5.11 Å². The van der Waals surface area contributed by atoms with E-state index < -0.39 is 5.60 Å². The van der Waals surface area contributed by atoms with Gasteiger partial charge in [0, 0.05) is 23.7 Å². The van der Waals surface area contributed by atoms with Crippen LogP contribution in [-0.4, -0.2) is 29.3 Å². The molecule has 4 heteroatoms.